The maximum Gasteiger partial charge on any atom is 0.236 e. The number of rotatable bonds is 6. The molecule has 33 heavy (non-hydrogen) atoms. The summed E-state index contributed by atoms with van der Waals surface area (Å²) in [5, 5.41) is 6.14. The molecule has 1 saturated heterocycles. The number of anilines is 1. The number of hydrogen-bond acceptors (Lipinski definition) is 7. The van der Waals surface area contributed by atoms with Crippen molar-refractivity contribution in [2.24, 2.45) is 0 Å². The van der Waals surface area contributed by atoms with Crippen LogP contribution in [-0.4, -0.2) is 76.3 Å². The van der Waals surface area contributed by atoms with E-state index in [-0.39, 0.29) is 17.9 Å². The number of hydrogen-bond donors (Lipinski definition) is 1. The molecular formula is C23H30ClN7O2. The molecule has 10 heteroatoms. The molecule has 1 aromatic carbocycles. The first kappa shape index (κ1) is 23.3. The van der Waals surface area contributed by atoms with Gasteiger partial charge >= 0.3 is 0 Å². The van der Waals surface area contributed by atoms with Gasteiger partial charge in [0.1, 0.15) is 17.9 Å². The van der Waals surface area contributed by atoms with Gasteiger partial charge in [0.25, 0.3) is 0 Å². The predicted octanol–water partition coefficient (Wildman–Crippen LogP) is 2.78. The van der Waals surface area contributed by atoms with Crippen LogP contribution in [0.25, 0.3) is 11.0 Å². The molecule has 2 aromatic heterocycles. The normalized spacial score (nSPS) is 15.5. The maximum absolute atomic E-state index is 12.1. The average Bonchev–Trinajstić information content (AvgIpc) is 3.09. The Labute approximate surface area is 198 Å². The highest BCUT2D eigenvalue weighted by molar-refractivity contribution is 6.31. The van der Waals surface area contributed by atoms with Crippen LogP contribution in [0.15, 0.2) is 12.4 Å². The van der Waals surface area contributed by atoms with Gasteiger partial charge in [-0.15, -0.1) is 0 Å². The number of aryl methyl sites for hydroxylation is 1. The monoisotopic (exact) mass is 471 g/mol. The molecule has 176 valence electrons. The number of halogens is 1. The van der Waals surface area contributed by atoms with E-state index >= 15 is 0 Å². The number of ether oxygens (including phenoxy) is 1. The second-order valence-electron chi connectivity index (χ2n) is 8.86. The number of carbonyl (C=O) groups excluding carboxylic acids is 1. The van der Waals surface area contributed by atoms with E-state index in [2.05, 4.69) is 14.9 Å². The minimum atomic E-state index is -0.200. The molecule has 1 amide bonds. The van der Waals surface area contributed by atoms with Crippen molar-refractivity contribution in [1.29, 1.82) is 0 Å². The molecule has 1 aliphatic rings. The number of methoxy groups -OCH3 is 1. The zero-order valence-corrected chi connectivity index (χ0v) is 20.6. The van der Waals surface area contributed by atoms with Crippen molar-refractivity contribution in [3.05, 3.63) is 39.8 Å². The van der Waals surface area contributed by atoms with Gasteiger partial charge in [-0.2, -0.15) is 5.10 Å². The third-order valence-electron chi connectivity index (χ3n) is 6.49. The number of benzene rings is 1. The SMILES string of the molecule is COc1c(C(C)n2nc(C)c3c(N)ncnc32)cc(Cl)c(C)c1C1CN(CC(=O)N(C)C)C1. The Hall–Kier alpha value is -2.91. The van der Waals surface area contributed by atoms with Gasteiger partial charge < -0.3 is 15.4 Å². The Morgan fingerprint density at radius 1 is 1.33 bits per heavy atom. The first-order valence-electron chi connectivity index (χ1n) is 10.9. The number of nitrogens with zero attached hydrogens (tertiary/aromatic N) is 6. The van der Waals surface area contributed by atoms with Gasteiger partial charge in [0.15, 0.2) is 5.65 Å². The highest BCUT2D eigenvalue weighted by Crippen LogP contribution is 2.44. The van der Waals surface area contributed by atoms with Crippen molar-refractivity contribution in [1.82, 2.24) is 29.5 Å². The molecule has 1 atom stereocenters. The van der Waals surface area contributed by atoms with E-state index in [0.717, 1.165) is 46.6 Å². The van der Waals surface area contributed by atoms with E-state index in [1.807, 2.05) is 31.5 Å². The Kier molecular flexibility index (Phi) is 6.20. The number of fused-ring (bicyclic) bond motifs is 1. The molecule has 0 saturated carbocycles. The number of nitrogens with two attached hydrogens (primary N) is 1. The van der Waals surface area contributed by atoms with Crippen molar-refractivity contribution in [3.8, 4) is 5.75 Å². The van der Waals surface area contributed by atoms with Crippen molar-refractivity contribution in [2.75, 3.05) is 46.6 Å². The molecule has 1 fully saturated rings. The molecule has 2 N–H and O–H groups in total. The lowest BCUT2D eigenvalue weighted by molar-refractivity contribution is -0.131. The standard InChI is InChI=1S/C23H30ClN7O2/c1-12-17(24)7-16(14(3)31-23-20(13(2)28-31)22(25)26-11-27-23)21(33-6)19(12)15-8-30(9-15)10-18(32)29(4)5/h7,11,14-15H,8-10H2,1-6H3,(H2,25,26,27). The van der Waals surface area contributed by atoms with E-state index in [0.29, 0.717) is 23.0 Å². The maximum atomic E-state index is 12.1. The lowest BCUT2D eigenvalue weighted by Crippen LogP contribution is -2.49. The fourth-order valence-corrected chi connectivity index (χ4v) is 4.80. The molecule has 9 nitrogen and oxygen atoms in total. The number of nitrogen functional groups attached to an aromatic ring is 1. The average molecular weight is 472 g/mol. The van der Waals surface area contributed by atoms with Crippen LogP contribution in [0.5, 0.6) is 5.75 Å². The Morgan fingerprint density at radius 2 is 2.03 bits per heavy atom. The minimum absolute atomic E-state index is 0.0970. The predicted molar refractivity (Wildman–Crippen MR) is 129 cm³/mol. The zero-order valence-electron chi connectivity index (χ0n) is 19.9. The van der Waals surface area contributed by atoms with E-state index < -0.39 is 0 Å². The van der Waals surface area contributed by atoms with Crippen LogP contribution in [-0.2, 0) is 4.79 Å². The van der Waals surface area contributed by atoms with Crippen LogP contribution in [0, 0.1) is 13.8 Å². The molecule has 1 aliphatic heterocycles. The molecule has 0 spiro atoms. The number of carbonyl (C=O) groups is 1. The summed E-state index contributed by atoms with van der Waals surface area (Å²) < 4.78 is 7.80. The highest BCUT2D eigenvalue weighted by Gasteiger charge is 2.35. The fraction of sp³-hybridized carbons (Fsp3) is 0.478. The second kappa shape index (κ2) is 8.79. The van der Waals surface area contributed by atoms with Gasteiger partial charge in [0.2, 0.25) is 5.91 Å². The van der Waals surface area contributed by atoms with Crippen molar-refractivity contribution in [3.63, 3.8) is 0 Å². The Balaban J connectivity index is 1.72. The van der Waals surface area contributed by atoms with Crippen LogP contribution in [0.2, 0.25) is 5.02 Å². The summed E-state index contributed by atoms with van der Waals surface area (Å²) >= 11 is 6.71. The Morgan fingerprint density at radius 3 is 2.67 bits per heavy atom. The molecular weight excluding hydrogens is 442 g/mol. The number of aromatic nitrogens is 4. The third-order valence-corrected chi connectivity index (χ3v) is 6.88. The van der Waals surface area contributed by atoms with Crippen molar-refractivity contribution in [2.45, 2.75) is 32.7 Å². The summed E-state index contributed by atoms with van der Waals surface area (Å²) in [4.78, 5) is 24.4. The number of likely N-dealkylation sites (N-methyl/N-ethyl adjacent to an activating group) is 1. The topological polar surface area (TPSA) is 102 Å². The highest BCUT2D eigenvalue weighted by atomic mass is 35.5. The largest absolute Gasteiger partial charge is 0.496 e. The smallest absolute Gasteiger partial charge is 0.236 e. The lowest BCUT2D eigenvalue weighted by atomic mass is 9.85. The van der Waals surface area contributed by atoms with Gasteiger partial charge in [-0.1, -0.05) is 11.6 Å². The number of likely N-dealkylation sites (tertiary alicyclic amines) is 1. The first-order valence-corrected chi connectivity index (χ1v) is 11.3. The molecule has 0 aliphatic carbocycles. The van der Waals surface area contributed by atoms with E-state index in [1.165, 1.54) is 6.33 Å². The fourth-order valence-electron chi connectivity index (χ4n) is 4.58. The minimum Gasteiger partial charge on any atom is -0.496 e. The van der Waals surface area contributed by atoms with E-state index in [4.69, 9.17) is 27.2 Å². The van der Waals surface area contributed by atoms with Crippen LogP contribution < -0.4 is 10.5 Å². The Bertz CT molecular complexity index is 1220. The van der Waals surface area contributed by atoms with Crippen LogP contribution in [0.4, 0.5) is 5.82 Å². The van der Waals surface area contributed by atoms with Gasteiger partial charge in [-0.05, 0) is 32.4 Å². The summed E-state index contributed by atoms with van der Waals surface area (Å²) in [6.45, 7) is 7.92. The molecule has 0 radical (unpaired) electrons. The van der Waals surface area contributed by atoms with Gasteiger partial charge in [-0.3, -0.25) is 9.69 Å². The van der Waals surface area contributed by atoms with E-state index in [1.54, 1.807) is 26.1 Å². The zero-order chi connectivity index (χ0) is 24.0. The molecule has 3 heterocycles. The lowest BCUT2D eigenvalue weighted by Gasteiger charge is -2.41. The summed E-state index contributed by atoms with van der Waals surface area (Å²) in [5.41, 5.74) is 10.5. The van der Waals surface area contributed by atoms with Gasteiger partial charge in [-0.25, -0.2) is 14.6 Å². The summed E-state index contributed by atoms with van der Waals surface area (Å²) in [6, 6.07) is 1.75. The molecule has 4 rings (SSSR count). The van der Waals surface area contributed by atoms with Crippen molar-refractivity contribution < 1.29 is 9.53 Å². The summed E-state index contributed by atoms with van der Waals surface area (Å²) in [6.07, 6.45) is 1.45. The molecule has 0 bridgehead atoms. The quantitative estimate of drug-likeness (QED) is 0.589. The van der Waals surface area contributed by atoms with Crippen LogP contribution in [0.1, 0.15) is 41.3 Å². The molecule has 1 unspecified atom stereocenters. The van der Waals surface area contributed by atoms with Crippen LogP contribution in [0.3, 0.4) is 0 Å². The van der Waals surface area contributed by atoms with Gasteiger partial charge in [0, 0.05) is 49.3 Å². The van der Waals surface area contributed by atoms with Crippen LogP contribution >= 0.6 is 11.6 Å². The van der Waals surface area contributed by atoms with E-state index in [9.17, 15) is 4.79 Å². The second-order valence-corrected chi connectivity index (χ2v) is 9.27. The number of amides is 1. The van der Waals surface area contributed by atoms with Gasteiger partial charge in [0.05, 0.1) is 30.8 Å². The first-order chi connectivity index (χ1) is 15.6. The molecule has 3 aromatic rings. The summed E-state index contributed by atoms with van der Waals surface area (Å²) in [5.74, 6) is 1.54. The summed E-state index contributed by atoms with van der Waals surface area (Å²) in [7, 11) is 5.23. The third kappa shape index (κ3) is 4.00. The van der Waals surface area contributed by atoms with Crippen molar-refractivity contribution >= 4 is 34.4 Å².